The summed E-state index contributed by atoms with van der Waals surface area (Å²) in [7, 11) is 0. The van der Waals surface area contributed by atoms with E-state index < -0.39 is 0 Å². The molecule has 0 bridgehead atoms. The van der Waals surface area contributed by atoms with Crippen LogP contribution in [0.15, 0.2) is 72.8 Å². The van der Waals surface area contributed by atoms with Crippen LogP contribution in [-0.2, 0) is 6.42 Å². The number of benzene rings is 4. The maximum atomic E-state index is 7.05. The molecule has 0 aliphatic heterocycles. The summed E-state index contributed by atoms with van der Waals surface area (Å²) < 4.78 is 35.0. The van der Waals surface area contributed by atoms with Crippen LogP contribution in [0.4, 0.5) is 0 Å². The molecule has 0 amide bonds. The molecule has 4 aromatic carbocycles. The van der Waals surface area contributed by atoms with Gasteiger partial charge >= 0.3 is 0 Å². The zero-order valence-corrected chi connectivity index (χ0v) is 34.4. The van der Waals surface area contributed by atoms with Crippen LogP contribution in [0.25, 0.3) is 33.4 Å². The van der Waals surface area contributed by atoms with Gasteiger partial charge in [0.15, 0.2) is 11.5 Å². The molecule has 0 heterocycles. The van der Waals surface area contributed by atoms with Crippen LogP contribution in [0, 0.1) is 29.6 Å². The Kier molecular flexibility index (Phi) is 12.3. The van der Waals surface area contributed by atoms with Crippen molar-refractivity contribution >= 4 is 0 Å². The highest BCUT2D eigenvalue weighted by atomic mass is 16.6. The topological polar surface area (TPSA) is 46.2 Å². The summed E-state index contributed by atoms with van der Waals surface area (Å²) in [4.78, 5) is 0. The number of ether oxygens (including phenoxy) is 5. The fourth-order valence-corrected chi connectivity index (χ4v) is 8.71. The van der Waals surface area contributed by atoms with Gasteiger partial charge in [0.05, 0.1) is 38.6 Å². The van der Waals surface area contributed by atoms with E-state index in [2.05, 4.69) is 79.7 Å². The average Bonchev–Trinajstić information content (AvgIpc) is 3.14. The van der Waals surface area contributed by atoms with Crippen molar-refractivity contribution in [1.29, 1.82) is 0 Å². The third-order valence-electron chi connectivity index (χ3n) is 13.9. The van der Waals surface area contributed by atoms with E-state index >= 15 is 0 Å². The molecule has 5 aliphatic carbocycles. The second-order valence-corrected chi connectivity index (χ2v) is 18.2. The molecular formula is C52H64O5. The number of hydrogen-bond acceptors (Lipinski definition) is 5. The fraction of sp³-hybridized carbons (Fsp3) is 0.538. The van der Waals surface area contributed by atoms with Gasteiger partial charge in [-0.1, -0.05) is 118 Å². The Morgan fingerprint density at radius 3 is 0.895 bits per heavy atom. The van der Waals surface area contributed by atoms with E-state index in [1.807, 2.05) is 0 Å². The zero-order valence-electron chi connectivity index (χ0n) is 34.4. The number of rotatable bonds is 20. The average molecular weight is 769 g/mol. The Morgan fingerprint density at radius 2 is 0.614 bits per heavy atom. The van der Waals surface area contributed by atoms with E-state index in [4.69, 9.17) is 23.7 Å². The van der Waals surface area contributed by atoms with E-state index in [1.54, 1.807) is 0 Å². The highest BCUT2D eigenvalue weighted by Crippen LogP contribution is 2.59. The summed E-state index contributed by atoms with van der Waals surface area (Å²) in [6.45, 7) is 5.58. The van der Waals surface area contributed by atoms with Crippen molar-refractivity contribution in [2.45, 2.75) is 116 Å². The third kappa shape index (κ3) is 8.98. The van der Waals surface area contributed by atoms with Crippen molar-refractivity contribution in [3.05, 3.63) is 78.4 Å². The van der Waals surface area contributed by atoms with E-state index in [-0.39, 0.29) is 0 Å². The lowest BCUT2D eigenvalue weighted by atomic mass is 9.86. The van der Waals surface area contributed by atoms with Gasteiger partial charge in [0.25, 0.3) is 0 Å². The molecule has 5 saturated carbocycles. The molecule has 5 heteroatoms. The van der Waals surface area contributed by atoms with Gasteiger partial charge in [0.2, 0.25) is 17.2 Å². The molecule has 0 saturated heterocycles. The predicted molar refractivity (Wildman–Crippen MR) is 231 cm³/mol. The van der Waals surface area contributed by atoms with Crippen molar-refractivity contribution in [2.24, 2.45) is 29.6 Å². The van der Waals surface area contributed by atoms with Gasteiger partial charge in [-0.05, 0) is 134 Å². The van der Waals surface area contributed by atoms with E-state index in [1.165, 1.54) is 131 Å². The molecule has 5 nitrogen and oxygen atoms in total. The first-order valence-electron chi connectivity index (χ1n) is 22.9. The number of hydrogen-bond donors (Lipinski definition) is 0. The number of aryl methyl sites for hydroxylation is 1. The van der Waals surface area contributed by atoms with Crippen molar-refractivity contribution in [3.63, 3.8) is 0 Å². The van der Waals surface area contributed by atoms with Crippen LogP contribution in [-0.4, -0.2) is 33.0 Å². The van der Waals surface area contributed by atoms with Crippen LogP contribution >= 0.6 is 0 Å². The van der Waals surface area contributed by atoms with Crippen LogP contribution in [0.3, 0.4) is 0 Å². The lowest BCUT2D eigenvalue weighted by Crippen LogP contribution is -2.24. The van der Waals surface area contributed by atoms with Crippen molar-refractivity contribution < 1.29 is 23.7 Å². The monoisotopic (exact) mass is 768 g/mol. The first kappa shape index (κ1) is 38.4. The van der Waals surface area contributed by atoms with Gasteiger partial charge in [-0.25, -0.2) is 0 Å². The summed E-state index contributed by atoms with van der Waals surface area (Å²) in [5, 5.41) is 0. The summed E-state index contributed by atoms with van der Waals surface area (Å²) in [5.74, 6) is 6.49. The van der Waals surface area contributed by atoms with E-state index in [0.717, 1.165) is 40.5 Å². The Hall–Kier alpha value is -4.12. The minimum atomic E-state index is 0.560. The molecule has 5 aliphatic rings. The van der Waals surface area contributed by atoms with Crippen LogP contribution in [0.5, 0.6) is 28.7 Å². The third-order valence-corrected chi connectivity index (χ3v) is 13.9. The molecular weight excluding hydrogens is 705 g/mol. The second kappa shape index (κ2) is 18.2. The lowest BCUT2D eigenvalue weighted by molar-refractivity contribution is 0.125. The highest BCUT2D eigenvalue weighted by Gasteiger charge is 2.35. The standard InChI is InChI=1S/C52H64O5/c1-2-8-36-19-21-42(22-20-36)43-23-25-44(26-24-43)45-27-29-46(30-28-45)47-48(53-31-37-9-3-10-37)50(55-33-39-13-5-14-39)52(57-35-41-17-7-18-41)51(56-34-40-15-6-16-40)49(47)54-32-38-11-4-12-38/h19-30,37-41H,2-18,31-35H2,1H3. The van der Waals surface area contributed by atoms with E-state index in [9.17, 15) is 0 Å². The molecule has 0 atom stereocenters. The molecule has 302 valence electrons. The molecule has 4 aromatic rings. The van der Waals surface area contributed by atoms with Gasteiger partial charge in [0, 0.05) is 0 Å². The fourth-order valence-electron chi connectivity index (χ4n) is 8.71. The molecule has 0 unspecified atom stereocenters. The molecule has 9 rings (SSSR count). The van der Waals surface area contributed by atoms with Crippen LogP contribution in [0.1, 0.15) is 115 Å². The maximum Gasteiger partial charge on any atom is 0.211 e. The Bertz CT molecular complexity index is 1830. The Labute approximate surface area is 341 Å². The zero-order chi connectivity index (χ0) is 38.4. The van der Waals surface area contributed by atoms with E-state index in [0.29, 0.717) is 68.4 Å². The summed E-state index contributed by atoms with van der Waals surface area (Å²) in [6, 6.07) is 27.0. The molecule has 0 spiro atoms. The van der Waals surface area contributed by atoms with Crippen molar-refractivity contribution in [3.8, 4) is 62.1 Å². The quantitative estimate of drug-likeness (QED) is 0.0896. The second-order valence-electron chi connectivity index (χ2n) is 18.2. The summed E-state index contributed by atoms with van der Waals surface area (Å²) in [6.07, 6.45) is 20.8. The largest absolute Gasteiger partial charge is 0.488 e. The van der Waals surface area contributed by atoms with Gasteiger partial charge in [-0.15, -0.1) is 0 Å². The molecule has 5 fully saturated rings. The first-order chi connectivity index (χ1) is 28.2. The SMILES string of the molecule is CCCc1ccc(-c2ccc(-c3ccc(-c4c(OCC5CCC5)c(OCC5CCC5)c(OCC5CCC5)c(OCC5CCC5)c4OCC4CCC4)cc3)cc2)cc1. The van der Waals surface area contributed by atoms with Crippen molar-refractivity contribution in [1.82, 2.24) is 0 Å². The molecule has 0 N–H and O–H groups in total. The smallest absolute Gasteiger partial charge is 0.211 e. The first-order valence-corrected chi connectivity index (χ1v) is 22.9. The summed E-state index contributed by atoms with van der Waals surface area (Å²) >= 11 is 0. The minimum Gasteiger partial charge on any atom is -0.488 e. The molecule has 0 aromatic heterocycles. The maximum absolute atomic E-state index is 7.05. The Morgan fingerprint density at radius 1 is 0.351 bits per heavy atom. The lowest BCUT2D eigenvalue weighted by Gasteiger charge is -2.33. The molecule has 0 radical (unpaired) electrons. The van der Waals surface area contributed by atoms with Crippen LogP contribution in [0.2, 0.25) is 0 Å². The minimum absolute atomic E-state index is 0.560. The van der Waals surface area contributed by atoms with Gasteiger partial charge in [0.1, 0.15) is 0 Å². The van der Waals surface area contributed by atoms with Crippen LogP contribution < -0.4 is 23.7 Å². The summed E-state index contributed by atoms with van der Waals surface area (Å²) in [5.41, 5.74) is 8.28. The highest BCUT2D eigenvalue weighted by molar-refractivity contribution is 5.87. The molecule has 57 heavy (non-hydrogen) atoms. The predicted octanol–water partition coefficient (Wildman–Crippen LogP) is 13.5. The van der Waals surface area contributed by atoms with Gasteiger partial charge in [-0.2, -0.15) is 0 Å². The van der Waals surface area contributed by atoms with Crippen molar-refractivity contribution in [2.75, 3.05) is 33.0 Å². The normalized spacial score (nSPS) is 18.8. The van der Waals surface area contributed by atoms with Gasteiger partial charge in [-0.3, -0.25) is 0 Å². The van der Waals surface area contributed by atoms with Gasteiger partial charge < -0.3 is 23.7 Å². The Balaban J connectivity index is 1.11.